The number of hydrogen-bond acceptors (Lipinski definition) is 11. The summed E-state index contributed by atoms with van der Waals surface area (Å²) in [5.41, 5.74) is 8.94. The summed E-state index contributed by atoms with van der Waals surface area (Å²) in [5.74, 6) is 1.04. The number of carbonyl (C=O) groups excluding carboxylic acids is 1. The van der Waals surface area contributed by atoms with Crippen LogP contribution in [0.2, 0.25) is 0 Å². The normalized spacial score (nSPS) is 14.0. The highest BCUT2D eigenvalue weighted by Crippen LogP contribution is 2.35. The van der Waals surface area contributed by atoms with Crippen LogP contribution in [0.25, 0.3) is 21.6 Å². The van der Waals surface area contributed by atoms with E-state index in [2.05, 4.69) is 14.9 Å². The first-order chi connectivity index (χ1) is 17.1. The van der Waals surface area contributed by atoms with Gasteiger partial charge in [0.2, 0.25) is 0 Å². The van der Waals surface area contributed by atoms with Crippen molar-refractivity contribution >= 4 is 33.3 Å². The minimum Gasteiger partial charge on any atom is -0.378 e. The predicted octanol–water partition coefficient (Wildman–Crippen LogP) is 2.65. The van der Waals surface area contributed by atoms with Gasteiger partial charge in [-0.25, -0.2) is 24.7 Å². The number of carbonyl (C=O) groups is 1. The topological polar surface area (TPSA) is 120 Å². The zero-order valence-electron chi connectivity index (χ0n) is 19.3. The van der Waals surface area contributed by atoms with Crippen molar-refractivity contribution in [1.82, 2.24) is 25.0 Å². The molecule has 0 radical (unpaired) electrons. The Morgan fingerprint density at radius 3 is 2.77 bits per heavy atom. The highest BCUT2D eigenvalue weighted by atomic mass is 32.1. The van der Waals surface area contributed by atoms with E-state index in [-0.39, 0.29) is 0 Å². The summed E-state index contributed by atoms with van der Waals surface area (Å²) < 4.78 is 6.55. The molecule has 3 aromatic heterocycles. The zero-order valence-corrected chi connectivity index (χ0v) is 20.1. The highest BCUT2D eigenvalue weighted by molar-refractivity contribution is 7.19. The second-order valence-electron chi connectivity index (χ2n) is 8.09. The lowest BCUT2D eigenvalue weighted by atomic mass is 10.1. The molecule has 0 unspecified atom stereocenters. The van der Waals surface area contributed by atoms with Gasteiger partial charge in [0.1, 0.15) is 6.33 Å². The number of nitrogens with zero attached hydrogens (tertiary/aromatic N) is 6. The second-order valence-corrected chi connectivity index (χ2v) is 9.23. The monoisotopic (exact) mass is 491 g/mol. The number of anilines is 1. The average Bonchev–Trinajstić information content (AvgIpc) is 3.31. The van der Waals surface area contributed by atoms with E-state index < -0.39 is 5.97 Å². The Kier molecular flexibility index (Phi) is 6.91. The molecule has 0 aliphatic carbocycles. The quantitative estimate of drug-likeness (QED) is 0.386. The first-order valence-electron chi connectivity index (χ1n) is 11.2. The first-order valence-corrected chi connectivity index (χ1v) is 12.0. The molecule has 0 amide bonds. The first kappa shape index (κ1) is 23.2. The molecule has 5 rings (SSSR count). The summed E-state index contributed by atoms with van der Waals surface area (Å²) >= 11 is 1.60. The maximum atomic E-state index is 12.3. The number of morpholine rings is 1. The molecule has 2 N–H and O–H groups in total. The third kappa shape index (κ3) is 5.28. The largest absolute Gasteiger partial charge is 0.378 e. The fourth-order valence-corrected chi connectivity index (χ4v) is 5.00. The summed E-state index contributed by atoms with van der Waals surface area (Å²) in [6.07, 6.45) is 4.22. The zero-order chi connectivity index (χ0) is 24.2. The standard InChI is InChI=1S/C24H25N7O3S/c1-30(34-24(32)18-12-26-15-27-13-18)14-19-10-20-21(35-19)23(31-5-7-33-8-6-31)29-22(28-20)17-4-2-3-16(9-17)11-25/h2-4,9-10,12-13,15H,5-8,11,14,25H2,1H3. The Bertz CT molecular complexity index is 1330. The van der Waals surface area contributed by atoms with Crippen LogP contribution in [0.15, 0.2) is 49.1 Å². The van der Waals surface area contributed by atoms with Crippen LogP contribution in [0.3, 0.4) is 0 Å². The van der Waals surface area contributed by atoms with Crippen molar-refractivity contribution in [3.63, 3.8) is 0 Å². The predicted molar refractivity (Wildman–Crippen MR) is 133 cm³/mol. The summed E-state index contributed by atoms with van der Waals surface area (Å²) in [5, 5.41) is 1.49. The van der Waals surface area contributed by atoms with Gasteiger partial charge in [-0.3, -0.25) is 0 Å². The Hall–Kier alpha value is -3.51. The Morgan fingerprint density at radius 2 is 2.00 bits per heavy atom. The lowest BCUT2D eigenvalue weighted by molar-refractivity contribution is -0.0961. The number of hydroxylamine groups is 2. The van der Waals surface area contributed by atoms with Crippen LogP contribution >= 0.6 is 11.3 Å². The van der Waals surface area contributed by atoms with Gasteiger partial charge in [0.15, 0.2) is 11.6 Å². The molecule has 11 heteroatoms. The molecule has 1 aliphatic heterocycles. The SMILES string of the molecule is CN(Cc1cc2nc(-c3cccc(CN)c3)nc(N3CCOCC3)c2s1)OC(=O)c1cncnc1. The number of fused-ring (bicyclic) bond motifs is 1. The van der Waals surface area contributed by atoms with Crippen molar-refractivity contribution in [3.05, 3.63) is 65.1 Å². The smallest absolute Gasteiger partial charge is 0.360 e. The van der Waals surface area contributed by atoms with Gasteiger partial charge in [-0.05, 0) is 17.7 Å². The van der Waals surface area contributed by atoms with Gasteiger partial charge in [-0.1, -0.05) is 18.2 Å². The molecule has 4 heterocycles. The molecule has 0 saturated carbocycles. The van der Waals surface area contributed by atoms with Gasteiger partial charge in [0, 0.05) is 49.5 Å². The minimum absolute atomic E-state index is 0.292. The van der Waals surface area contributed by atoms with Crippen molar-refractivity contribution in [1.29, 1.82) is 0 Å². The van der Waals surface area contributed by atoms with Gasteiger partial charge >= 0.3 is 5.97 Å². The third-order valence-electron chi connectivity index (χ3n) is 5.55. The van der Waals surface area contributed by atoms with E-state index in [9.17, 15) is 4.79 Å². The Balaban J connectivity index is 1.45. The molecule has 1 saturated heterocycles. The molecule has 35 heavy (non-hydrogen) atoms. The highest BCUT2D eigenvalue weighted by Gasteiger charge is 2.21. The lowest BCUT2D eigenvalue weighted by Gasteiger charge is -2.28. The number of rotatable bonds is 7. The van der Waals surface area contributed by atoms with Crippen molar-refractivity contribution in [2.24, 2.45) is 5.73 Å². The third-order valence-corrected chi connectivity index (χ3v) is 6.65. The molecule has 0 spiro atoms. The lowest BCUT2D eigenvalue weighted by Crippen LogP contribution is -2.36. The van der Waals surface area contributed by atoms with Crippen LogP contribution in [0, 0.1) is 0 Å². The Labute approximate surface area is 206 Å². The summed E-state index contributed by atoms with van der Waals surface area (Å²) in [7, 11) is 1.71. The molecule has 0 bridgehead atoms. The van der Waals surface area contributed by atoms with E-state index in [1.54, 1.807) is 18.4 Å². The number of thiophene rings is 1. The maximum absolute atomic E-state index is 12.3. The van der Waals surface area contributed by atoms with E-state index in [4.69, 9.17) is 25.3 Å². The maximum Gasteiger partial charge on any atom is 0.360 e. The molecule has 1 aromatic carbocycles. The Morgan fingerprint density at radius 1 is 1.20 bits per heavy atom. The van der Waals surface area contributed by atoms with Crippen LogP contribution in [-0.4, -0.2) is 64.3 Å². The molecule has 1 aliphatic rings. The number of hydrogen-bond donors (Lipinski definition) is 1. The van der Waals surface area contributed by atoms with Crippen LogP contribution in [-0.2, 0) is 22.7 Å². The van der Waals surface area contributed by atoms with Gasteiger partial charge in [-0.15, -0.1) is 16.4 Å². The fourth-order valence-electron chi connectivity index (χ4n) is 3.85. The molecule has 4 aromatic rings. The molecule has 180 valence electrons. The van der Waals surface area contributed by atoms with Crippen LogP contribution < -0.4 is 10.6 Å². The van der Waals surface area contributed by atoms with Crippen molar-refractivity contribution in [3.8, 4) is 11.4 Å². The van der Waals surface area contributed by atoms with Crippen molar-refractivity contribution in [2.75, 3.05) is 38.3 Å². The number of ether oxygens (including phenoxy) is 1. The van der Waals surface area contributed by atoms with Gasteiger partial charge in [0.05, 0.1) is 35.5 Å². The summed E-state index contributed by atoms with van der Waals surface area (Å²) in [6, 6.07) is 10.0. The van der Waals surface area contributed by atoms with E-state index in [0.717, 1.165) is 45.1 Å². The second kappa shape index (κ2) is 10.4. The number of benzene rings is 1. The molecular formula is C24H25N7O3S. The van der Waals surface area contributed by atoms with Crippen molar-refractivity contribution in [2.45, 2.75) is 13.1 Å². The van der Waals surface area contributed by atoms with Gasteiger partial charge in [-0.2, -0.15) is 0 Å². The van der Waals surface area contributed by atoms with Gasteiger partial charge in [0.25, 0.3) is 0 Å². The van der Waals surface area contributed by atoms with Gasteiger partial charge < -0.3 is 20.2 Å². The van der Waals surface area contributed by atoms with Crippen LogP contribution in [0.1, 0.15) is 20.8 Å². The van der Waals surface area contributed by atoms with E-state index in [1.807, 2.05) is 30.3 Å². The van der Waals surface area contributed by atoms with Crippen molar-refractivity contribution < 1.29 is 14.4 Å². The van der Waals surface area contributed by atoms with E-state index >= 15 is 0 Å². The minimum atomic E-state index is -0.509. The molecule has 10 nitrogen and oxygen atoms in total. The van der Waals surface area contributed by atoms with Crippen LogP contribution in [0.5, 0.6) is 0 Å². The molecular weight excluding hydrogens is 466 g/mol. The fraction of sp³-hybridized carbons (Fsp3) is 0.292. The summed E-state index contributed by atoms with van der Waals surface area (Å²) in [6.45, 7) is 3.69. The number of nitrogens with two attached hydrogens (primary N) is 1. The van der Waals surface area contributed by atoms with Crippen LogP contribution in [0.4, 0.5) is 5.82 Å². The van der Waals surface area contributed by atoms with E-state index in [1.165, 1.54) is 23.8 Å². The molecule has 1 fully saturated rings. The molecule has 0 atom stereocenters. The number of aromatic nitrogens is 4. The van der Waals surface area contributed by atoms with E-state index in [0.29, 0.717) is 37.7 Å². The average molecular weight is 492 g/mol. The summed E-state index contributed by atoms with van der Waals surface area (Å²) in [4.78, 5) is 38.6.